The molecule has 4 heteroatoms. The monoisotopic (exact) mass is 265 g/mol. The first-order valence-corrected chi connectivity index (χ1v) is 4.10. The maximum Gasteiger partial charge on any atom is 0.257 e. The second kappa shape index (κ2) is 3.75. The summed E-state index contributed by atoms with van der Waals surface area (Å²) in [6, 6.07) is 3.69. The van der Waals surface area contributed by atoms with Crippen molar-refractivity contribution in [1.29, 1.82) is 0 Å². The highest BCUT2D eigenvalue weighted by molar-refractivity contribution is 14.1. The summed E-state index contributed by atoms with van der Waals surface area (Å²) in [5, 5.41) is 0. The summed E-state index contributed by atoms with van der Waals surface area (Å²) in [5.74, 6) is 1.19. The minimum Gasteiger partial charge on any atom is -0.491 e. The highest BCUT2D eigenvalue weighted by atomic mass is 127. The van der Waals surface area contributed by atoms with Gasteiger partial charge in [-0.05, 0) is 34.7 Å². The van der Waals surface area contributed by atoms with Gasteiger partial charge < -0.3 is 9.47 Å². The molecule has 0 amide bonds. The van der Waals surface area contributed by atoms with E-state index >= 15 is 0 Å². The summed E-state index contributed by atoms with van der Waals surface area (Å²) in [5.41, 5.74) is 0. The van der Waals surface area contributed by atoms with Gasteiger partial charge >= 0.3 is 0 Å². The lowest BCUT2D eigenvalue weighted by molar-refractivity contribution is 0.342. The number of halogens is 1. The predicted molar refractivity (Wildman–Crippen MR) is 50.1 cm³/mol. The molecule has 1 rings (SSSR count). The lowest BCUT2D eigenvalue weighted by atomic mass is 10.4. The Balaban J connectivity index is 3.06. The number of ether oxygens (including phenoxy) is 2. The van der Waals surface area contributed by atoms with Crippen LogP contribution in [0.4, 0.5) is 0 Å². The average Bonchev–Trinajstić information content (AvgIpc) is 2.04. The fraction of sp³-hybridized carbons (Fsp3) is 0.286. The molecule has 0 aliphatic heterocycles. The molecule has 0 N–H and O–H groups in total. The van der Waals surface area contributed by atoms with E-state index in [0.717, 1.165) is 3.70 Å². The fourth-order valence-electron chi connectivity index (χ4n) is 0.707. The van der Waals surface area contributed by atoms with Gasteiger partial charge in [0.25, 0.3) is 5.88 Å². The van der Waals surface area contributed by atoms with Gasteiger partial charge in [-0.3, -0.25) is 0 Å². The molecule has 1 aromatic heterocycles. The third-order valence-corrected chi connectivity index (χ3v) is 1.81. The highest BCUT2D eigenvalue weighted by Crippen LogP contribution is 2.23. The molecule has 11 heavy (non-hydrogen) atoms. The van der Waals surface area contributed by atoms with Crippen LogP contribution in [0.15, 0.2) is 12.1 Å². The van der Waals surface area contributed by atoms with E-state index in [4.69, 9.17) is 9.47 Å². The summed E-state index contributed by atoms with van der Waals surface area (Å²) in [7, 11) is 3.16. The predicted octanol–water partition coefficient (Wildman–Crippen LogP) is 1.70. The van der Waals surface area contributed by atoms with Crippen molar-refractivity contribution in [3.63, 3.8) is 0 Å². The first-order valence-electron chi connectivity index (χ1n) is 3.02. The molecule has 0 aliphatic carbocycles. The van der Waals surface area contributed by atoms with Crippen LogP contribution in [0.25, 0.3) is 0 Å². The van der Waals surface area contributed by atoms with Crippen LogP contribution < -0.4 is 9.47 Å². The first-order chi connectivity index (χ1) is 5.27. The van der Waals surface area contributed by atoms with E-state index < -0.39 is 0 Å². The van der Waals surface area contributed by atoms with Gasteiger partial charge in [0.15, 0.2) is 5.75 Å². The largest absolute Gasteiger partial charge is 0.491 e. The van der Waals surface area contributed by atoms with E-state index in [2.05, 4.69) is 27.6 Å². The van der Waals surface area contributed by atoms with E-state index in [9.17, 15) is 0 Å². The highest BCUT2D eigenvalue weighted by Gasteiger charge is 2.03. The van der Waals surface area contributed by atoms with Gasteiger partial charge in [0.1, 0.15) is 3.70 Å². The molecule has 0 aliphatic rings. The Labute approximate surface area is 78.9 Å². The van der Waals surface area contributed by atoms with E-state index in [0.29, 0.717) is 11.6 Å². The van der Waals surface area contributed by atoms with Gasteiger partial charge in [0, 0.05) is 0 Å². The summed E-state index contributed by atoms with van der Waals surface area (Å²) in [6.07, 6.45) is 0. The molecule has 3 nitrogen and oxygen atoms in total. The molecule has 0 saturated heterocycles. The molecule has 60 valence electrons. The number of hydrogen-bond donors (Lipinski definition) is 0. The summed E-state index contributed by atoms with van der Waals surface area (Å²) in [6.45, 7) is 0. The lowest BCUT2D eigenvalue weighted by Crippen LogP contribution is -1.94. The molecule has 0 radical (unpaired) electrons. The number of nitrogens with zero attached hydrogens (tertiary/aromatic N) is 1. The lowest BCUT2D eigenvalue weighted by Gasteiger charge is -2.04. The molecule has 0 fully saturated rings. The fourth-order valence-corrected chi connectivity index (χ4v) is 1.11. The SMILES string of the molecule is COc1ccc(I)nc1OC. The van der Waals surface area contributed by atoms with Gasteiger partial charge in [-0.2, -0.15) is 0 Å². The maximum absolute atomic E-state index is 5.00. The Hall–Kier alpha value is -0.520. The second-order valence-corrected chi connectivity index (χ2v) is 2.95. The minimum absolute atomic E-state index is 0.527. The van der Waals surface area contributed by atoms with Crippen LogP contribution >= 0.6 is 22.6 Å². The zero-order chi connectivity index (χ0) is 8.27. The average molecular weight is 265 g/mol. The van der Waals surface area contributed by atoms with Gasteiger partial charge in [0.2, 0.25) is 0 Å². The van der Waals surface area contributed by atoms with E-state index in [-0.39, 0.29) is 0 Å². The molecule has 0 unspecified atom stereocenters. The smallest absolute Gasteiger partial charge is 0.257 e. The van der Waals surface area contributed by atoms with Crippen molar-refractivity contribution in [2.75, 3.05) is 14.2 Å². The molecule has 1 heterocycles. The second-order valence-electron chi connectivity index (χ2n) is 1.85. The molecule has 0 bridgehead atoms. The third-order valence-electron chi connectivity index (χ3n) is 1.20. The molecular formula is C7H8INO2. The number of hydrogen-bond acceptors (Lipinski definition) is 3. The van der Waals surface area contributed by atoms with E-state index in [1.54, 1.807) is 14.2 Å². The summed E-state index contributed by atoms with van der Waals surface area (Å²) in [4.78, 5) is 4.10. The van der Waals surface area contributed by atoms with Crippen LogP contribution in [0.2, 0.25) is 0 Å². The van der Waals surface area contributed by atoms with Crippen LogP contribution in [-0.4, -0.2) is 19.2 Å². The van der Waals surface area contributed by atoms with Crippen molar-refractivity contribution >= 4 is 22.6 Å². The number of methoxy groups -OCH3 is 2. The van der Waals surface area contributed by atoms with Gasteiger partial charge in [0.05, 0.1) is 14.2 Å². The standard InChI is InChI=1S/C7H8INO2/c1-10-5-3-4-6(8)9-7(5)11-2/h3-4H,1-2H3. The quantitative estimate of drug-likeness (QED) is 0.602. The van der Waals surface area contributed by atoms with Crippen LogP contribution in [0.3, 0.4) is 0 Å². The molecule has 1 aromatic rings. The number of pyridine rings is 1. The summed E-state index contributed by atoms with van der Waals surface area (Å²) >= 11 is 2.12. The molecule has 0 aromatic carbocycles. The van der Waals surface area contributed by atoms with Crippen molar-refractivity contribution in [1.82, 2.24) is 4.98 Å². The van der Waals surface area contributed by atoms with Gasteiger partial charge in [-0.1, -0.05) is 0 Å². The molecule has 0 atom stereocenters. The van der Waals surface area contributed by atoms with E-state index in [1.165, 1.54) is 0 Å². The van der Waals surface area contributed by atoms with Crippen molar-refractivity contribution in [2.45, 2.75) is 0 Å². The van der Waals surface area contributed by atoms with Crippen molar-refractivity contribution in [3.05, 3.63) is 15.8 Å². The zero-order valence-corrected chi connectivity index (χ0v) is 8.45. The molecular weight excluding hydrogens is 257 g/mol. The van der Waals surface area contributed by atoms with Crippen molar-refractivity contribution in [3.8, 4) is 11.6 Å². The van der Waals surface area contributed by atoms with Crippen LogP contribution in [0.1, 0.15) is 0 Å². The summed E-state index contributed by atoms with van der Waals surface area (Å²) < 4.78 is 10.9. The zero-order valence-electron chi connectivity index (χ0n) is 6.30. The Bertz CT molecular complexity index is 252. The van der Waals surface area contributed by atoms with Crippen LogP contribution in [-0.2, 0) is 0 Å². The van der Waals surface area contributed by atoms with Crippen LogP contribution in [0.5, 0.6) is 11.6 Å². The Morgan fingerprint density at radius 2 is 2.00 bits per heavy atom. The van der Waals surface area contributed by atoms with E-state index in [1.807, 2.05) is 12.1 Å². The number of aromatic nitrogens is 1. The van der Waals surface area contributed by atoms with Gasteiger partial charge in [-0.25, -0.2) is 4.98 Å². The normalized spacial score (nSPS) is 9.36. The molecule has 0 spiro atoms. The topological polar surface area (TPSA) is 31.4 Å². The third kappa shape index (κ3) is 1.95. The Morgan fingerprint density at radius 3 is 2.55 bits per heavy atom. The van der Waals surface area contributed by atoms with Crippen molar-refractivity contribution in [2.24, 2.45) is 0 Å². The van der Waals surface area contributed by atoms with Gasteiger partial charge in [-0.15, -0.1) is 0 Å². The van der Waals surface area contributed by atoms with Crippen molar-refractivity contribution < 1.29 is 9.47 Å². The maximum atomic E-state index is 5.00. The Kier molecular flexibility index (Phi) is 2.92. The van der Waals surface area contributed by atoms with Crippen LogP contribution in [0, 0.1) is 3.70 Å². The first kappa shape index (κ1) is 8.58. The minimum atomic E-state index is 0.527. The number of rotatable bonds is 2. The Morgan fingerprint density at radius 1 is 1.27 bits per heavy atom. The molecule has 0 saturated carbocycles.